The Morgan fingerprint density at radius 1 is 1.33 bits per heavy atom. The Morgan fingerprint density at radius 2 is 1.92 bits per heavy atom. The van der Waals surface area contributed by atoms with Crippen LogP contribution in [-0.2, 0) is 0 Å². The van der Waals surface area contributed by atoms with Crippen molar-refractivity contribution in [1.29, 1.82) is 0 Å². The van der Waals surface area contributed by atoms with Gasteiger partial charge in [0.25, 0.3) is 0 Å². The molecule has 0 amide bonds. The van der Waals surface area contributed by atoms with E-state index in [0.29, 0.717) is 0 Å². The molecule has 0 radical (unpaired) electrons. The minimum absolute atomic E-state index is 0. The van der Waals surface area contributed by atoms with Crippen LogP contribution in [0.5, 0.6) is 5.75 Å². The van der Waals surface area contributed by atoms with Crippen LogP contribution in [0.25, 0.3) is 0 Å². The van der Waals surface area contributed by atoms with E-state index >= 15 is 0 Å². The zero-order valence-corrected chi connectivity index (χ0v) is 9.60. The molecule has 0 atom stereocenters. The summed E-state index contributed by atoms with van der Waals surface area (Å²) in [6.45, 7) is 3.92. The Bertz CT molecular complexity index is 261. The molecule has 0 aromatic heterocycles. The summed E-state index contributed by atoms with van der Waals surface area (Å²) in [6, 6.07) is 4.23. The normalized spacial score (nSPS) is 9.67. The molecule has 1 aromatic rings. The second kappa shape index (κ2) is 4.85. The van der Waals surface area contributed by atoms with Crippen LogP contribution in [0.3, 0.4) is 0 Å². The second-order valence-electron chi connectivity index (χ2n) is 2.84. The number of hydrogen-bond acceptors (Lipinski definition) is 1. The van der Waals surface area contributed by atoms with Gasteiger partial charge in [0, 0.05) is 0 Å². The largest absolute Gasteiger partial charge is 1.00 e. The third-order valence-electron chi connectivity index (χ3n) is 1.62. The molecule has 1 rings (SSSR count). The van der Waals surface area contributed by atoms with E-state index in [9.17, 15) is 9.50 Å². The number of rotatable bonds is 1. The van der Waals surface area contributed by atoms with Crippen molar-refractivity contribution in [3.63, 3.8) is 0 Å². The van der Waals surface area contributed by atoms with Crippen molar-refractivity contribution >= 4 is 0 Å². The standard InChI is InChI=1S/C9H11FO.Na/c1-6(2)7-3-4-9(11)8(10)5-7;/h3-6,11H,1-2H3;/q;+1/p-1. The Labute approximate surface area is 93.9 Å². The van der Waals surface area contributed by atoms with Crippen molar-refractivity contribution in [2.75, 3.05) is 0 Å². The molecular formula is C9H10FNaO. The van der Waals surface area contributed by atoms with Crippen LogP contribution in [0.4, 0.5) is 4.39 Å². The van der Waals surface area contributed by atoms with Gasteiger partial charge in [-0.15, -0.1) is 0 Å². The van der Waals surface area contributed by atoms with Gasteiger partial charge in [-0.1, -0.05) is 31.7 Å². The first-order valence-electron chi connectivity index (χ1n) is 3.57. The van der Waals surface area contributed by atoms with E-state index in [1.54, 1.807) is 6.07 Å². The molecule has 3 heteroatoms. The van der Waals surface area contributed by atoms with Crippen LogP contribution >= 0.6 is 0 Å². The summed E-state index contributed by atoms with van der Waals surface area (Å²) in [5.74, 6) is -0.921. The molecule has 0 aliphatic rings. The molecule has 0 bridgehead atoms. The van der Waals surface area contributed by atoms with Crippen LogP contribution in [0, 0.1) is 5.82 Å². The Balaban J connectivity index is 0.00000121. The van der Waals surface area contributed by atoms with Crippen LogP contribution in [-0.4, -0.2) is 0 Å². The van der Waals surface area contributed by atoms with Gasteiger partial charge in [-0.05, 0) is 17.5 Å². The van der Waals surface area contributed by atoms with E-state index < -0.39 is 11.6 Å². The summed E-state index contributed by atoms with van der Waals surface area (Å²) in [7, 11) is 0. The summed E-state index contributed by atoms with van der Waals surface area (Å²) in [5, 5.41) is 10.6. The molecular weight excluding hydrogens is 166 g/mol. The summed E-state index contributed by atoms with van der Waals surface area (Å²) in [4.78, 5) is 0. The molecule has 0 saturated heterocycles. The Kier molecular flexibility index (Phi) is 4.83. The first-order chi connectivity index (χ1) is 5.11. The number of benzene rings is 1. The third kappa shape index (κ3) is 2.77. The van der Waals surface area contributed by atoms with E-state index in [0.717, 1.165) is 5.56 Å². The molecule has 0 aliphatic heterocycles. The molecule has 0 fully saturated rings. The predicted octanol–water partition coefficient (Wildman–Crippen LogP) is -0.973. The quantitative estimate of drug-likeness (QED) is 0.505. The summed E-state index contributed by atoms with van der Waals surface area (Å²) in [5.41, 5.74) is 0.863. The minimum Gasteiger partial charge on any atom is -0.870 e. The van der Waals surface area contributed by atoms with E-state index in [1.165, 1.54) is 12.1 Å². The molecule has 0 spiro atoms. The van der Waals surface area contributed by atoms with Gasteiger partial charge in [-0.25, -0.2) is 4.39 Å². The van der Waals surface area contributed by atoms with E-state index in [2.05, 4.69) is 0 Å². The average Bonchev–Trinajstić information content (AvgIpc) is 1.94. The van der Waals surface area contributed by atoms with Gasteiger partial charge in [-0.2, -0.15) is 0 Å². The van der Waals surface area contributed by atoms with Crippen LogP contribution in [0.1, 0.15) is 25.3 Å². The molecule has 1 nitrogen and oxygen atoms in total. The maximum atomic E-state index is 12.6. The smallest absolute Gasteiger partial charge is 0.870 e. The number of halogens is 1. The molecule has 12 heavy (non-hydrogen) atoms. The van der Waals surface area contributed by atoms with Crippen LogP contribution < -0.4 is 34.7 Å². The van der Waals surface area contributed by atoms with Crippen molar-refractivity contribution < 1.29 is 39.1 Å². The molecule has 0 N–H and O–H groups in total. The zero-order valence-electron chi connectivity index (χ0n) is 7.60. The summed E-state index contributed by atoms with van der Waals surface area (Å²) >= 11 is 0. The van der Waals surface area contributed by atoms with Crippen molar-refractivity contribution in [3.8, 4) is 5.75 Å². The van der Waals surface area contributed by atoms with Crippen molar-refractivity contribution in [2.24, 2.45) is 0 Å². The summed E-state index contributed by atoms with van der Waals surface area (Å²) < 4.78 is 12.6. The van der Waals surface area contributed by atoms with Crippen molar-refractivity contribution in [2.45, 2.75) is 19.8 Å². The maximum absolute atomic E-state index is 12.6. The van der Waals surface area contributed by atoms with Crippen molar-refractivity contribution in [3.05, 3.63) is 29.6 Å². The SMILES string of the molecule is CC(C)c1ccc([O-])c(F)c1.[Na+]. The van der Waals surface area contributed by atoms with Gasteiger partial charge in [0.05, 0.1) is 0 Å². The third-order valence-corrected chi connectivity index (χ3v) is 1.62. The van der Waals surface area contributed by atoms with E-state index in [-0.39, 0.29) is 35.5 Å². The van der Waals surface area contributed by atoms with Gasteiger partial charge in [0.15, 0.2) is 0 Å². The fourth-order valence-corrected chi connectivity index (χ4v) is 0.876. The minimum atomic E-state index is -0.656. The molecule has 0 saturated carbocycles. The fraction of sp³-hybridized carbons (Fsp3) is 0.333. The Morgan fingerprint density at radius 3 is 2.33 bits per heavy atom. The van der Waals surface area contributed by atoms with Crippen molar-refractivity contribution in [1.82, 2.24) is 0 Å². The summed E-state index contributed by atoms with van der Waals surface area (Å²) in [6.07, 6.45) is 0. The molecule has 0 unspecified atom stereocenters. The molecule has 60 valence electrons. The van der Waals surface area contributed by atoms with Crippen LogP contribution in [0.15, 0.2) is 18.2 Å². The van der Waals surface area contributed by atoms with Crippen LogP contribution in [0.2, 0.25) is 0 Å². The zero-order chi connectivity index (χ0) is 8.43. The van der Waals surface area contributed by atoms with Gasteiger partial charge in [0.2, 0.25) is 0 Å². The molecule has 0 heterocycles. The second-order valence-corrected chi connectivity index (χ2v) is 2.84. The van der Waals surface area contributed by atoms with Gasteiger partial charge in [-0.3, -0.25) is 0 Å². The van der Waals surface area contributed by atoms with Gasteiger partial charge in [0.1, 0.15) is 5.82 Å². The van der Waals surface area contributed by atoms with E-state index in [4.69, 9.17) is 0 Å². The predicted molar refractivity (Wildman–Crippen MR) is 39.9 cm³/mol. The average molecular weight is 176 g/mol. The van der Waals surface area contributed by atoms with Gasteiger partial charge < -0.3 is 5.11 Å². The first kappa shape index (κ1) is 11.9. The van der Waals surface area contributed by atoms with Gasteiger partial charge >= 0.3 is 29.6 Å². The van der Waals surface area contributed by atoms with E-state index in [1.807, 2.05) is 13.8 Å². The first-order valence-corrected chi connectivity index (χ1v) is 3.57. The number of hydrogen-bond donors (Lipinski definition) is 0. The monoisotopic (exact) mass is 176 g/mol. The maximum Gasteiger partial charge on any atom is 1.00 e. The molecule has 0 aliphatic carbocycles. The fourth-order valence-electron chi connectivity index (χ4n) is 0.876. The Hall–Kier alpha value is -0.0500. The topological polar surface area (TPSA) is 23.1 Å². The molecule has 1 aromatic carbocycles.